The van der Waals surface area contributed by atoms with E-state index in [0.717, 1.165) is 24.7 Å². The van der Waals surface area contributed by atoms with Crippen molar-refractivity contribution in [2.24, 2.45) is 0 Å². The lowest BCUT2D eigenvalue weighted by molar-refractivity contribution is 0.112. The van der Waals surface area contributed by atoms with Crippen molar-refractivity contribution < 1.29 is 9.22 Å². The number of benzene rings is 4. The number of fused-ring (bicyclic) bond motifs is 3. The quantitative estimate of drug-likeness (QED) is 0.267. The van der Waals surface area contributed by atoms with Gasteiger partial charge in [0.2, 0.25) is 0 Å². The highest BCUT2D eigenvalue weighted by atomic mass is 28.4. The van der Waals surface area contributed by atoms with Gasteiger partial charge in [-0.05, 0) is 56.2 Å². The predicted molar refractivity (Wildman–Crippen MR) is 139 cm³/mol. The lowest BCUT2D eigenvalue weighted by atomic mass is 9.99. The Labute approximate surface area is 197 Å². The maximum absolute atomic E-state index is 11.4. The van der Waals surface area contributed by atoms with Crippen molar-refractivity contribution in [3.8, 4) is 0 Å². The fourth-order valence-electron chi connectivity index (χ4n) is 5.53. The van der Waals surface area contributed by atoms with E-state index in [9.17, 15) is 4.79 Å². The summed E-state index contributed by atoms with van der Waals surface area (Å²) in [5, 5.41) is 4.93. The van der Waals surface area contributed by atoms with E-state index in [1.54, 1.807) is 0 Å². The minimum Gasteiger partial charge on any atom is -0.400 e. The monoisotopic (exact) mass is 450 g/mol. The summed E-state index contributed by atoms with van der Waals surface area (Å²) in [6.07, 6.45) is 2.90. The van der Waals surface area contributed by atoms with Gasteiger partial charge in [-0.2, -0.15) is 0 Å². The van der Waals surface area contributed by atoms with Crippen LogP contribution in [0.25, 0.3) is 10.8 Å². The molecule has 1 aliphatic rings. The van der Waals surface area contributed by atoms with Gasteiger partial charge in [-0.25, -0.2) is 0 Å². The van der Waals surface area contributed by atoms with Crippen molar-refractivity contribution in [3.05, 3.63) is 108 Å². The molecule has 0 saturated heterocycles. The second-order valence-corrected chi connectivity index (χ2v) is 14.3. The van der Waals surface area contributed by atoms with Crippen LogP contribution in [0.1, 0.15) is 54.8 Å². The first-order chi connectivity index (χ1) is 15.9. The highest BCUT2D eigenvalue weighted by Gasteiger charge is 2.52. The van der Waals surface area contributed by atoms with Crippen molar-refractivity contribution in [1.82, 2.24) is 0 Å². The molecule has 4 aromatic carbocycles. The first-order valence-corrected chi connectivity index (χ1v) is 13.6. The molecule has 1 aliphatic carbocycles. The fourth-order valence-corrected chi connectivity index (χ4v) is 10.2. The third kappa shape index (κ3) is 3.66. The number of carbonyl (C=O) groups excluding carboxylic acids is 1. The standard InChI is InChI=1S/C30H30O2Si/c1-30(2,3)33(24-10-6-4-7-11-24,25-12-8-5-9-13-25)32-29-19-18-26-27(29)17-16-23-15-14-22(21-31)20-28(23)26/h4-17,20-21,29H,18-19H2,1-3H3. The number of aldehydes is 1. The van der Waals surface area contributed by atoms with Gasteiger partial charge in [-0.1, -0.05) is 106 Å². The van der Waals surface area contributed by atoms with E-state index in [2.05, 4.69) is 99.6 Å². The molecule has 0 spiro atoms. The number of rotatable bonds is 5. The zero-order valence-electron chi connectivity index (χ0n) is 19.5. The molecule has 1 atom stereocenters. The molecule has 33 heavy (non-hydrogen) atoms. The van der Waals surface area contributed by atoms with Crippen LogP contribution in [0.2, 0.25) is 5.04 Å². The molecule has 0 saturated carbocycles. The SMILES string of the molecule is CC(C)(C)[Si](OC1CCc2c1ccc1ccc(C=O)cc21)(c1ccccc1)c1ccccc1. The second-order valence-electron chi connectivity index (χ2n) is 10.0. The van der Waals surface area contributed by atoms with Crippen LogP contribution in [-0.2, 0) is 10.8 Å². The minimum atomic E-state index is -2.62. The molecule has 0 aliphatic heterocycles. The Morgan fingerprint density at radius 2 is 1.45 bits per heavy atom. The Hall–Kier alpha value is -3.01. The maximum Gasteiger partial charge on any atom is 0.261 e. The fraction of sp³-hybridized carbons (Fsp3) is 0.233. The van der Waals surface area contributed by atoms with Gasteiger partial charge in [-0.15, -0.1) is 0 Å². The third-order valence-corrected chi connectivity index (χ3v) is 12.1. The van der Waals surface area contributed by atoms with Crippen LogP contribution < -0.4 is 10.4 Å². The van der Waals surface area contributed by atoms with E-state index < -0.39 is 8.32 Å². The van der Waals surface area contributed by atoms with Crippen molar-refractivity contribution in [1.29, 1.82) is 0 Å². The van der Waals surface area contributed by atoms with Crippen LogP contribution >= 0.6 is 0 Å². The second kappa shape index (κ2) is 8.40. The Morgan fingerprint density at radius 1 is 0.848 bits per heavy atom. The van der Waals surface area contributed by atoms with Gasteiger partial charge < -0.3 is 4.43 Å². The van der Waals surface area contributed by atoms with E-state index in [1.165, 1.54) is 32.3 Å². The predicted octanol–water partition coefficient (Wildman–Crippen LogP) is 6.22. The van der Waals surface area contributed by atoms with Crippen LogP contribution in [0, 0.1) is 0 Å². The summed E-state index contributed by atoms with van der Waals surface area (Å²) in [6, 6.07) is 32.1. The largest absolute Gasteiger partial charge is 0.400 e. The Balaban J connectivity index is 1.67. The Morgan fingerprint density at radius 3 is 2.03 bits per heavy atom. The number of aryl methyl sites for hydroxylation is 1. The molecule has 5 rings (SSSR count). The van der Waals surface area contributed by atoms with Gasteiger partial charge in [0.05, 0.1) is 6.10 Å². The molecule has 0 N–H and O–H groups in total. The number of carbonyl (C=O) groups is 1. The molecular weight excluding hydrogens is 420 g/mol. The van der Waals surface area contributed by atoms with Crippen LogP contribution in [0.3, 0.4) is 0 Å². The summed E-state index contributed by atoms with van der Waals surface area (Å²) in [5.74, 6) is 0. The van der Waals surface area contributed by atoms with Crippen molar-refractivity contribution in [3.63, 3.8) is 0 Å². The maximum atomic E-state index is 11.4. The van der Waals surface area contributed by atoms with Crippen LogP contribution in [0.4, 0.5) is 0 Å². The summed E-state index contributed by atoms with van der Waals surface area (Å²) in [7, 11) is -2.62. The van der Waals surface area contributed by atoms with Gasteiger partial charge in [0.15, 0.2) is 0 Å². The Kier molecular flexibility index (Phi) is 5.55. The smallest absolute Gasteiger partial charge is 0.261 e. The molecule has 1 unspecified atom stereocenters. The molecule has 4 aromatic rings. The van der Waals surface area contributed by atoms with Crippen molar-refractivity contribution in [2.45, 2.75) is 44.8 Å². The van der Waals surface area contributed by atoms with E-state index in [-0.39, 0.29) is 11.1 Å². The summed E-state index contributed by atoms with van der Waals surface area (Å²) in [4.78, 5) is 11.4. The molecule has 2 nitrogen and oxygen atoms in total. The molecule has 0 heterocycles. The first kappa shape index (κ1) is 21.8. The normalized spacial score (nSPS) is 16.0. The van der Waals surface area contributed by atoms with Crippen LogP contribution in [0.15, 0.2) is 91.0 Å². The lowest BCUT2D eigenvalue weighted by Gasteiger charge is -2.44. The van der Waals surface area contributed by atoms with Crippen LogP contribution in [-0.4, -0.2) is 14.6 Å². The number of hydrogen-bond donors (Lipinski definition) is 0. The molecule has 0 bridgehead atoms. The lowest BCUT2D eigenvalue weighted by Crippen LogP contribution is -2.66. The summed E-state index contributed by atoms with van der Waals surface area (Å²) < 4.78 is 7.44. The molecule has 0 radical (unpaired) electrons. The third-order valence-electron chi connectivity index (χ3n) is 7.07. The van der Waals surface area contributed by atoms with Crippen molar-refractivity contribution >= 4 is 35.7 Å². The highest BCUT2D eigenvalue weighted by molar-refractivity contribution is 6.99. The average molecular weight is 451 g/mol. The molecule has 166 valence electrons. The van der Waals surface area contributed by atoms with E-state index in [4.69, 9.17) is 4.43 Å². The summed E-state index contributed by atoms with van der Waals surface area (Å²) in [6.45, 7) is 6.98. The minimum absolute atomic E-state index is 0.0376. The molecule has 0 aromatic heterocycles. The zero-order valence-corrected chi connectivity index (χ0v) is 20.5. The van der Waals surface area contributed by atoms with Gasteiger partial charge in [0.1, 0.15) is 6.29 Å². The van der Waals surface area contributed by atoms with Gasteiger partial charge in [0.25, 0.3) is 8.32 Å². The topological polar surface area (TPSA) is 26.3 Å². The summed E-state index contributed by atoms with van der Waals surface area (Å²) in [5.41, 5.74) is 3.34. The van der Waals surface area contributed by atoms with Crippen molar-refractivity contribution in [2.75, 3.05) is 0 Å². The van der Waals surface area contributed by atoms with Gasteiger partial charge in [-0.3, -0.25) is 4.79 Å². The van der Waals surface area contributed by atoms with E-state index in [0.29, 0.717) is 0 Å². The first-order valence-electron chi connectivity index (χ1n) is 11.7. The number of hydrogen-bond acceptors (Lipinski definition) is 2. The average Bonchev–Trinajstić information content (AvgIpc) is 3.25. The highest BCUT2D eigenvalue weighted by Crippen LogP contribution is 2.45. The zero-order chi connectivity index (χ0) is 23.1. The van der Waals surface area contributed by atoms with Gasteiger partial charge >= 0.3 is 0 Å². The molecule has 3 heteroatoms. The van der Waals surface area contributed by atoms with Gasteiger partial charge in [0, 0.05) is 5.56 Å². The Bertz CT molecular complexity index is 1250. The molecule has 0 fully saturated rings. The van der Waals surface area contributed by atoms with Crippen LogP contribution in [0.5, 0.6) is 0 Å². The summed E-state index contributed by atoms with van der Waals surface area (Å²) >= 11 is 0. The molecular formula is C30H30O2Si. The molecule has 0 amide bonds. The van der Waals surface area contributed by atoms with E-state index >= 15 is 0 Å². The van der Waals surface area contributed by atoms with E-state index in [1.807, 2.05) is 12.1 Å².